The number of amides is 1. The Hall–Kier alpha value is -4.03. The number of thiocarbonyl (C=S) groups is 1. The van der Waals surface area contributed by atoms with Gasteiger partial charge in [-0.2, -0.15) is 5.01 Å². The van der Waals surface area contributed by atoms with E-state index < -0.39 is 0 Å². The number of amidine groups is 1. The molecule has 164 valence electrons. The minimum absolute atomic E-state index is 0.293. The van der Waals surface area contributed by atoms with Gasteiger partial charge in [0.25, 0.3) is 5.91 Å². The second-order valence-electron chi connectivity index (χ2n) is 7.64. The summed E-state index contributed by atoms with van der Waals surface area (Å²) >= 11 is 5.55. The number of aliphatic imine (C=N–C) groups is 1. The highest BCUT2D eigenvalue weighted by molar-refractivity contribution is 7.80. The van der Waals surface area contributed by atoms with E-state index in [2.05, 4.69) is 22.3 Å². The maximum atomic E-state index is 13.4. The van der Waals surface area contributed by atoms with Gasteiger partial charge < -0.3 is 5.32 Å². The SMILES string of the molecule is C=Cc1ccccc1/C=C1\N=C(c2ccccc2)N(NC(=S)Nc2c(C)cccc2C)C1=O. The maximum absolute atomic E-state index is 13.4. The topological polar surface area (TPSA) is 56.7 Å². The van der Waals surface area contributed by atoms with Crippen LogP contribution in [0.15, 0.2) is 90.1 Å². The predicted octanol–water partition coefficient (Wildman–Crippen LogP) is 5.48. The average Bonchev–Trinajstić information content (AvgIpc) is 3.12. The van der Waals surface area contributed by atoms with E-state index in [-0.39, 0.29) is 5.91 Å². The summed E-state index contributed by atoms with van der Waals surface area (Å²) in [6.07, 6.45) is 3.53. The van der Waals surface area contributed by atoms with Gasteiger partial charge in [-0.1, -0.05) is 85.5 Å². The van der Waals surface area contributed by atoms with Gasteiger partial charge in [0.2, 0.25) is 0 Å². The molecule has 0 aromatic heterocycles. The second kappa shape index (κ2) is 9.63. The monoisotopic (exact) mass is 452 g/mol. The Kier molecular flexibility index (Phi) is 6.47. The fourth-order valence-corrected chi connectivity index (χ4v) is 3.82. The van der Waals surface area contributed by atoms with Crippen molar-refractivity contribution in [3.05, 3.63) is 113 Å². The molecule has 0 spiro atoms. The smallest absolute Gasteiger partial charge is 0.297 e. The highest BCUT2D eigenvalue weighted by Gasteiger charge is 2.32. The zero-order chi connectivity index (χ0) is 23.4. The van der Waals surface area contributed by atoms with Crippen LogP contribution < -0.4 is 10.7 Å². The van der Waals surface area contributed by atoms with Gasteiger partial charge in [0.1, 0.15) is 5.70 Å². The molecule has 0 bridgehead atoms. The van der Waals surface area contributed by atoms with Crippen molar-refractivity contribution >= 4 is 46.9 Å². The quantitative estimate of drug-likeness (QED) is 0.398. The number of aryl methyl sites for hydroxylation is 2. The number of para-hydroxylation sites is 1. The van der Waals surface area contributed by atoms with Crippen molar-refractivity contribution in [2.45, 2.75) is 13.8 Å². The molecule has 6 heteroatoms. The Morgan fingerprint density at radius 2 is 1.58 bits per heavy atom. The number of benzene rings is 3. The molecule has 0 saturated carbocycles. The van der Waals surface area contributed by atoms with Gasteiger partial charge in [0.05, 0.1) is 0 Å². The summed E-state index contributed by atoms with van der Waals surface area (Å²) in [7, 11) is 0. The van der Waals surface area contributed by atoms with E-state index in [0.717, 1.165) is 33.5 Å². The van der Waals surface area contributed by atoms with Gasteiger partial charge in [-0.15, -0.1) is 0 Å². The zero-order valence-corrected chi connectivity index (χ0v) is 19.3. The van der Waals surface area contributed by atoms with Crippen LogP contribution in [0.5, 0.6) is 0 Å². The molecule has 1 aliphatic heterocycles. The number of hydrazine groups is 1. The Morgan fingerprint density at radius 3 is 2.24 bits per heavy atom. The number of carbonyl (C=O) groups is 1. The van der Waals surface area contributed by atoms with E-state index in [1.165, 1.54) is 5.01 Å². The Labute approximate surface area is 199 Å². The number of nitrogens with zero attached hydrogens (tertiary/aromatic N) is 2. The number of rotatable bonds is 5. The standard InChI is InChI=1S/C27H24N4OS/c1-4-20-13-8-9-16-22(20)17-23-26(32)31(25(28-23)21-14-6-5-7-15-21)30-27(33)29-24-18(2)11-10-12-19(24)3/h4-17H,1H2,2-3H3,(H2,29,30,33)/b23-17-. The normalized spacial score (nSPS) is 14.2. The summed E-state index contributed by atoms with van der Waals surface area (Å²) in [4.78, 5) is 18.0. The molecule has 0 radical (unpaired) electrons. The van der Waals surface area contributed by atoms with Crippen LogP contribution in [0.2, 0.25) is 0 Å². The molecule has 2 N–H and O–H groups in total. The number of anilines is 1. The third-order valence-corrected chi connectivity index (χ3v) is 5.53. The number of nitrogens with one attached hydrogen (secondary N) is 2. The van der Waals surface area contributed by atoms with Crippen LogP contribution in [0.4, 0.5) is 5.69 Å². The third-order valence-electron chi connectivity index (χ3n) is 5.33. The summed E-state index contributed by atoms with van der Waals surface area (Å²) in [6.45, 7) is 7.87. The molecule has 33 heavy (non-hydrogen) atoms. The van der Waals surface area contributed by atoms with Gasteiger partial charge >= 0.3 is 0 Å². The molecule has 5 nitrogen and oxygen atoms in total. The summed E-state index contributed by atoms with van der Waals surface area (Å²) in [5, 5.41) is 4.91. The first-order valence-electron chi connectivity index (χ1n) is 10.5. The Balaban J connectivity index is 1.67. The van der Waals surface area contributed by atoms with Crippen molar-refractivity contribution in [1.82, 2.24) is 10.4 Å². The highest BCUT2D eigenvalue weighted by Crippen LogP contribution is 2.23. The largest absolute Gasteiger partial charge is 0.331 e. The van der Waals surface area contributed by atoms with Crippen molar-refractivity contribution in [3.8, 4) is 0 Å². The molecule has 0 atom stereocenters. The number of carbonyl (C=O) groups excluding carboxylic acids is 1. The molecular formula is C27H24N4OS. The maximum Gasteiger partial charge on any atom is 0.297 e. The van der Waals surface area contributed by atoms with Crippen molar-refractivity contribution in [1.29, 1.82) is 0 Å². The van der Waals surface area contributed by atoms with E-state index in [4.69, 9.17) is 12.2 Å². The van der Waals surface area contributed by atoms with Crippen LogP contribution >= 0.6 is 12.2 Å². The van der Waals surface area contributed by atoms with Gasteiger partial charge in [-0.25, -0.2) is 4.99 Å². The summed E-state index contributed by atoms with van der Waals surface area (Å²) < 4.78 is 0. The van der Waals surface area contributed by atoms with E-state index in [1.807, 2.05) is 86.6 Å². The molecule has 3 aromatic rings. The van der Waals surface area contributed by atoms with Crippen molar-refractivity contribution in [2.75, 3.05) is 5.32 Å². The number of hydrogen-bond acceptors (Lipinski definition) is 3. The predicted molar refractivity (Wildman–Crippen MR) is 140 cm³/mol. The summed E-state index contributed by atoms with van der Waals surface area (Å²) in [5.74, 6) is 0.187. The van der Waals surface area contributed by atoms with E-state index >= 15 is 0 Å². The fraction of sp³-hybridized carbons (Fsp3) is 0.0741. The first-order valence-corrected chi connectivity index (χ1v) is 10.9. The Bertz CT molecular complexity index is 1270. The summed E-state index contributed by atoms with van der Waals surface area (Å²) in [5.41, 5.74) is 8.97. The molecule has 0 aliphatic carbocycles. The molecule has 0 fully saturated rings. The molecule has 0 unspecified atom stereocenters. The average molecular weight is 453 g/mol. The molecule has 1 amide bonds. The lowest BCUT2D eigenvalue weighted by molar-refractivity contribution is -0.123. The van der Waals surface area contributed by atoms with Crippen molar-refractivity contribution in [2.24, 2.45) is 4.99 Å². The highest BCUT2D eigenvalue weighted by atomic mass is 32.1. The van der Waals surface area contributed by atoms with Crippen LogP contribution in [0.25, 0.3) is 12.2 Å². The molecular weight excluding hydrogens is 428 g/mol. The molecule has 4 rings (SSSR count). The molecule has 1 aliphatic rings. The minimum atomic E-state index is -0.293. The summed E-state index contributed by atoms with van der Waals surface area (Å²) in [6, 6.07) is 23.3. The zero-order valence-electron chi connectivity index (χ0n) is 18.5. The fourth-order valence-electron chi connectivity index (χ4n) is 3.63. The third kappa shape index (κ3) is 4.76. The molecule has 1 heterocycles. The van der Waals surface area contributed by atoms with Gasteiger partial charge in [-0.05, 0) is 54.4 Å². The van der Waals surface area contributed by atoms with Crippen LogP contribution in [0.1, 0.15) is 27.8 Å². The van der Waals surface area contributed by atoms with E-state index in [1.54, 1.807) is 12.2 Å². The van der Waals surface area contributed by atoms with Crippen LogP contribution in [-0.2, 0) is 4.79 Å². The van der Waals surface area contributed by atoms with Gasteiger partial charge in [0, 0.05) is 11.3 Å². The lowest BCUT2D eigenvalue weighted by Crippen LogP contribution is -2.49. The van der Waals surface area contributed by atoms with Crippen molar-refractivity contribution < 1.29 is 4.79 Å². The van der Waals surface area contributed by atoms with Crippen LogP contribution in [0.3, 0.4) is 0 Å². The molecule has 0 saturated heterocycles. The minimum Gasteiger partial charge on any atom is -0.331 e. The van der Waals surface area contributed by atoms with Gasteiger partial charge in [-0.3, -0.25) is 10.2 Å². The van der Waals surface area contributed by atoms with Crippen molar-refractivity contribution in [3.63, 3.8) is 0 Å². The van der Waals surface area contributed by atoms with Crippen LogP contribution in [-0.4, -0.2) is 21.9 Å². The lowest BCUT2D eigenvalue weighted by atomic mass is 10.1. The van der Waals surface area contributed by atoms with E-state index in [0.29, 0.717) is 16.6 Å². The first-order chi connectivity index (χ1) is 16.0. The lowest BCUT2D eigenvalue weighted by Gasteiger charge is -2.22. The first kappa shape index (κ1) is 22.2. The van der Waals surface area contributed by atoms with Crippen LogP contribution in [0, 0.1) is 13.8 Å². The van der Waals surface area contributed by atoms with E-state index in [9.17, 15) is 4.79 Å². The second-order valence-corrected chi connectivity index (χ2v) is 8.05. The molecule has 3 aromatic carbocycles. The number of hydrogen-bond donors (Lipinski definition) is 2. The Morgan fingerprint density at radius 1 is 0.939 bits per heavy atom. The van der Waals surface area contributed by atoms with Gasteiger partial charge in [0.15, 0.2) is 10.9 Å².